The van der Waals surface area contributed by atoms with E-state index in [1.54, 1.807) is 0 Å². The molecule has 3 N–H and O–H groups in total. The Morgan fingerprint density at radius 1 is 1.31 bits per heavy atom. The molecule has 0 aromatic carbocycles. The lowest BCUT2D eigenvalue weighted by Crippen LogP contribution is -2.32. The molecule has 0 aromatic rings. The fourth-order valence-corrected chi connectivity index (χ4v) is 2.03. The van der Waals surface area contributed by atoms with E-state index in [0.29, 0.717) is 12.6 Å². The van der Waals surface area contributed by atoms with Gasteiger partial charge in [0.15, 0.2) is 0 Å². The molecule has 0 saturated carbocycles. The van der Waals surface area contributed by atoms with Crippen LogP contribution in [0.4, 0.5) is 0 Å². The first-order valence-electron chi connectivity index (χ1n) is 5.43. The Morgan fingerprint density at radius 3 is 2.85 bits per heavy atom. The molecule has 3 heteroatoms. The Hall–Kier alpha value is -0.120. The van der Waals surface area contributed by atoms with E-state index in [2.05, 4.69) is 4.90 Å². The van der Waals surface area contributed by atoms with Gasteiger partial charge in [-0.1, -0.05) is 6.42 Å². The van der Waals surface area contributed by atoms with Crippen molar-refractivity contribution in [1.29, 1.82) is 0 Å². The molecule has 1 rings (SSSR count). The number of hydrogen-bond acceptors (Lipinski definition) is 3. The summed E-state index contributed by atoms with van der Waals surface area (Å²) in [5, 5.41) is 9.08. The van der Waals surface area contributed by atoms with Crippen LogP contribution in [0.15, 0.2) is 0 Å². The largest absolute Gasteiger partial charge is 0.395 e. The second kappa shape index (κ2) is 6.35. The minimum atomic E-state index is 0.330. The Kier molecular flexibility index (Phi) is 5.35. The number of rotatable bonds is 6. The maximum Gasteiger partial charge on any atom is 0.0586 e. The highest BCUT2D eigenvalue weighted by atomic mass is 16.3. The highest BCUT2D eigenvalue weighted by Gasteiger charge is 2.22. The van der Waals surface area contributed by atoms with E-state index in [1.807, 2.05) is 0 Å². The van der Waals surface area contributed by atoms with Crippen LogP contribution in [0.1, 0.15) is 32.1 Å². The minimum absolute atomic E-state index is 0.330. The molecule has 1 heterocycles. The van der Waals surface area contributed by atoms with Crippen LogP contribution in [0, 0.1) is 0 Å². The van der Waals surface area contributed by atoms with E-state index in [-0.39, 0.29) is 0 Å². The van der Waals surface area contributed by atoms with Gasteiger partial charge in [0.25, 0.3) is 0 Å². The lowest BCUT2D eigenvalue weighted by atomic mass is 10.2. The van der Waals surface area contributed by atoms with Crippen molar-refractivity contribution in [1.82, 2.24) is 4.90 Å². The summed E-state index contributed by atoms with van der Waals surface area (Å²) in [6.07, 6.45) is 6.02. The standard InChI is InChI=1S/C10H22N2O/c11-6-2-1-3-7-12-8-4-5-10(12)9-13/h10,13H,1-9,11H2. The van der Waals surface area contributed by atoms with Gasteiger partial charge >= 0.3 is 0 Å². The fourth-order valence-electron chi connectivity index (χ4n) is 2.03. The second-order valence-corrected chi connectivity index (χ2v) is 3.86. The highest BCUT2D eigenvalue weighted by Crippen LogP contribution is 2.16. The average molecular weight is 186 g/mol. The summed E-state index contributed by atoms with van der Waals surface area (Å²) in [5.41, 5.74) is 5.42. The van der Waals surface area contributed by atoms with Gasteiger partial charge in [-0.2, -0.15) is 0 Å². The third kappa shape index (κ3) is 3.63. The third-order valence-corrected chi connectivity index (χ3v) is 2.86. The van der Waals surface area contributed by atoms with Gasteiger partial charge in [0.2, 0.25) is 0 Å². The van der Waals surface area contributed by atoms with Crippen molar-refractivity contribution in [2.24, 2.45) is 5.73 Å². The number of unbranched alkanes of at least 4 members (excludes halogenated alkanes) is 2. The van der Waals surface area contributed by atoms with Gasteiger partial charge < -0.3 is 10.8 Å². The van der Waals surface area contributed by atoms with Gasteiger partial charge in [0, 0.05) is 6.04 Å². The Bertz CT molecular complexity index is 130. The first kappa shape index (κ1) is 11.0. The summed E-state index contributed by atoms with van der Waals surface area (Å²) in [7, 11) is 0. The van der Waals surface area contributed by atoms with Gasteiger partial charge in [-0.15, -0.1) is 0 Å². The number of aliphatic hydroxyl groups excluding tert-OH is 1. The molecule has 1 unspecified atom stereocenters. The van der Waals surface area contributed by atoms with Gasteiger partial charge in [0.05, 0.1) is 6.61 Å². The summed E-state index contributed by atoms with van der Waals surface area (Å²) in [5.74, 6) is 0. The molecular weight excluding hydrogens is 164 g/mol. The Morgan fingerprint density at radius 2 is 2.15 bits per heavy atom. The number of hydrogen-bond donors (Lipinski definition) is 2. The second-order valence-electron chi connectivity index (χ2n) is 3.86. The minimum Gasteiger partial charge on any atom is -0.395 e. The van der Waals surface area contributed by atoms with E-state index in [4.69, 9.17) is 10.8 Å². The quantitative estimate of drug-likeness (QED) is 0.596. The molecule has 13 heavy (non-hydrogen) atoms. The van der Waals surface area contributed by atoms with Crippen molar-refractivity contribution in [3.8, 4) is 0 Å². The number of aliphatic hydroxyl groups is 1. The van der Waals surface area contributed by atoms with Crippen LogP contribution in [0.25, 0.3) is 0 Å². The molecule has 1 atom stereocenters. The number of nitrogens with zero attached hydrogens (tertiary/aromatic N) is 1. The molecule has 0 aliphatic carbocycles. The van der Waals surface area contributed by atoms with Crippen LogP contribution >= 0.6 is 0 Å². The molecule has 0 spiro atoms. The molecule has 1 fully saturated rings. The maximum absolute atomic E-state index is 9.08. The Labute approximate surface area is 80.9 Å². The van der Waals surface area contributed by atoms with Gasteiger partial charge in [0.1, 0.15) is 0 Å². The molecule has 0 radical (unpaired) electrons. The SMILES string of the molecule is NCCCCCN1CCCC1CO. The van der Waals surface area contributed by atoms with Crippen LogP contribution in [-0.2, 0) is 0 Å². The predicted octanol–water partition coefficient (Wildman–Crippen LogP) is 0.572. The molecule has 0 bridgehead atoms. The molecule has 78 valence electrons. The lowest BCUT2D eigenvalue weighted by molar-refractivity contribution is 0.157. The summed E-state index contributed by atoms with van der Waals surface area (Å²) >= 11 is 0. The molecular formula is C10H22N2O. The van der Waals surface area contributed by atoms with Crippen LogP contribution in [0.2, 0.25) is 0 Å². The van der Waals surface area contributed by atoms with E-state index in [1.165, 1.54) is 32.2 Å². The zero-order chi connectivity index (χ0) is 9.52. The van der Waals surface area contributed by atoms with Crippen LogP contribution < -0.4 is 5.73 Å². The van der Waals surface area contributed by atoms with E-state index in [9.17, 15) is 0 Å². The van der Waals surface area contributed by atoms with Crippen molar-refractivity contribution >= 4 is 0 Å². The topological polar surface area (TPSA) is 49.5 Å². The molecule has 3 nitrogen and oxygen atoms in total. The lowest BCUT2D eigenvalue weighted by Gasteiger charge is -2.22. The number of nitrogens with two attached hydrogens (primary N) is 1. The van der Waals surface area contributed by atoms with Crippen LogP contribution in [-0.4, -0.2) is 42.3 Å². The number of likely N-dealkylation sites (tertiary alicyclic amines) is 1. The van der Waals surface area contributed by atoms with Crippen LogP contribution in [0.5, 0.6) is 0 Å². The first-order chi connectivity index (χ1) is 6.38. The van der Waals surface area contributed by atoms with Crippen molar-refractivity contribution in [2.45, 2.75) is 38.1 Å². The zero-order valence-corrected chi connectivity index (χ0v) is 8.41. The normalized spacial score (nSPS) is 24.0. The van der Waals surface area contributed by atoms with Gasteiger partial charge in [-0.3, -0.25) is 4.90 Å². The molecule has 1 aliphatic rings. The Balaban J connectivity index is 2.06. The van der Waals surface area contributed by atoms with Gasteiger partial charge in [-0.05, 0) is 45.3 Å². The van der Waals surface area contributed by atoms with Crippen molar-refractivity contribution in [3.05, 3.63) is 0 Å². The molecule has 1 saturated heterocycles. The molecule has 0 aromatic heterocycles. The third-order valence-electron chi connectivity index (χ3n) is 2.86. The molecule has 0 amide bonds. The van der Waals surface area contributed by atoms with Crippen molar-refractivity contribution in [3.63, 3.8) is 0 Å². The predicted molar refractivity (Wildman–Crippen MR) is 54.6 cm³/mol. The smallest absolute Gasteiger partial charge is 0.0586 e. The van der Waals surface area contributed by atoms with E-state index < -0.39 is 0 Å². The van der Waals surface area contributed by atoms with E-state index in [0.717, 1.165) is 19.5 Å². The summed E-state index contributed by atoms with van der Waals surface area (Å²) in [6.45, 7) is 3.46. The molecule has 1 aliphatic heterocycles. The average Bonchev–Trinajstić information content (AvgIpc) is 2.60. The van der Waals surface area contributed by atoms with Gasteiger partial charge in [-0.25, -0.2) is 0 Å². The van der Waals surface area contributed by atoms with E-state index >= 15 is 0 Å². The van der Waals surface area contributed by atoms with Crippen LogP contribution in [0.3, 0.4) is 0 Å². The highest BCUT2D eigenvalue weighted by molar-refractivity contribution is 4.77. The fraction of sp³-hybridized carbons (Fsp3) is 1.00. The van der Waals surface area contributed by atoms with Crippen molar-refractivity contribution < 1.29 is 5.11 Å². The first-order valence-corrected chi connectivity index (χ1v) is 5.43. The maximum atomic E-state index is 9.08. The summed E-state index contributed by atoms with van der Waals surface area (Å²) in [6, 6.07) is 0.442. The zero-order valence-electron chi connectivity index (χ0n) is 8.41. The summed E-state index contributed by atoms with van der Waals surface area (Å²) in [4.78, 5) is 2.41. The monoisotopic (exact) mass is 186 g/mol. The summed E-state index contributed by atoms with van der Waals surface area (Å²) < 4.78 is 0. The van der Waals surface area contributed by atoms with Crippen molar-refractivity contribution in [2.75, 3.05) is 26.2 Å².